The molecule has 4 aromatic rings. The number of hydrogen-bond donors (Lipinski definition) is 0. The molecule has 0 radical (unpaired) electrons. The number of rotatable bonds is 1. The van der Waals surface area contributed by atoms with Crippen molar-refractivity contribution in [2.24, 2.45) is 5.92 Å². The van der Waals surface area contributed by atoms with Gasteiger partial charge >= 0.3 is 0 Å². The van der Waals surface area contributed by atoms with Crippen LogP contribution in [0.4, 0.5) is 0 Å². The minimum atomic E-state index is 0.291. The summed E-state index contributed by atoms with van der Waals surface area (Å²) < 4.78 is 1.31. The van der Waals surface area contributed by atoms with E-state index in [1.165, 1.54) is 20.5 Å². The van der Waals surface area contributed by atoms with Gasteiger partial charge in [0.15, 0.2) is 0 Å². The summed E-state index contributed by atoms with van der Waals surface area (Å²) in [7, 11) is 0. The van der Waals surface area contributed by atoms with Crippen LogP contribution >= 0.6 is 22.9 Å². The lowest BCUT2D eigenvalue weighted by Crippen LogP contribution is -2.00. The second-order valence-electron chi connectivity index (χ2n) is 6.52. The first-order chi connectivity index (χ1) is 12.2. The molecule has 0 saturated carbocycles. The summed E-state index contributed by atoms with van der Waals surface area (Å²) in [6.45, 7) is 2.27. The lowest BCUT2D eigenvalue weighted by atomic mass is 9.93. The Kier molecular flexibility index (Phi) is 3.40. The number of thiophene rings is 1. The van der Waals surface area contributed by atoms with Gasteiger partial charge in [0.05, 0.1) is 11.2 Å². The highest BCUT2D eigenvalue weighted by Crippen LogP contribution is 2.42. The summed E-state index contributed by atoms with van der Waals surface area (Å²) in [5.41, 5.74) is 4.26. The number of allylic oxidation sites excluding steroid dienone is 1. The number of halogens is 1. The highest BCUT2D eigenvalue weighted by Gasteiger charge is 2.20. The van der Waals surface area contributed by atoms with Crippen LogP contribution in [-0.2, 0) is 6.42 Å². The zero-order valence-corrected chi connectivity index (χ0v) is 15.2. The Labute approximate surface area is 154 Å². The van der Waals surface area contributed by atoms with Crippen molar-refractivity contribution < 1.29 is 0 Å². The number of nitrogens with zero attached hydrogens (tertiary/aromatic N) is 2. The third-order valence-electron chi connectivity index (χ3n) is 4.76. The molecule has 0 aliphatic heterocycles. The molecule has 4 heteroatoms. The molecule has 2 aromatic heterocycles. The van der Waals surface area contributed by atoms with Crippen molar-refractivity contribution in [2.45, 2.75) is 13.3 Å². The van der Waals surface area contributed by atoms with Gasteiger partial charge in [0, 0.05) is 25.9 Å². The molecule has 0 amide bonds. The number of hydrogen-bond acceptors (Lipinski definition) is 3. The van der Waals surface area contributed by atoms with E-state index in [0.29, 0.717) is 11.2 Å². The molecule has 122 valence electrons. The van der Waals surface area contributed by atoms with Crippen molar-refractivity contribution in [3.8, 4) is 11.3 Å². The van der Waals surface area contributed by atoms with Crippen LogP contribution < -0.4 is 0 Å². The predicted octanol–water partition coefficient (Wildman–Crippen LogP) is 6.37. The number of para-hydroxylation sites is 1. The summed E-state index contributed by atoms with van der Waals surface area (Å²) >= 11 is 8.12. The number of aromatic nitrogens is 2. The number of benzene rings is 2. The fraction of sp³-hybridized carbons (Fsp3) is 0.143. The van der Waals surface area contributed by atoms with Crippen LogP contribution in [0, 0.1) is 5.92 Å². The van der Waals surface area contributed by atoms with E-state index in [1.54, 1.807) is 0 Å². The number of fused-ring (bicyclic) bond motifs is 4. The summed E-state index contributed by atoms with van der Waals surface area (Å²) in [5.74, 6) is 0.596. The van der Waals surface area contributed by atoms with Crippen molar-refractivity contribution in [1.82, 2.24) is 9.97 Å². The lowest BCUT2D eigenvalue weighted by Gasteiger charge is -2.13. The molecule has 25 heavy (non-hydrogen) atoms. The third kappa shape index (κ3) is 2.38. The molecule has 2 aromatic carbocycles. The second-order valence-corrected chi connectivity index (χ2v) is 7.99. The first-order valence-electron chi connectivity index (χ1n) is 8.36. The molecule has 1 atom stereocenters. The SMILES string of the molecule is CC1C=Cc2c(sc3cccc(-c4nc(Cl)nc5ccccc45)c23)C1. The molecule has 5 rings (SSSR count). The van der Waals surface area contributed by atoms with E-state index in [4.69, 9.17) is 11.6 Å². The van der Waals surface area contributed by atoms with Crippen LogP contribution in [0.25, 0.3) is 38.3 Å². The highest BCUT2D eigenvalue weighted by molar-refractivity contribution is 7.19. The maximum absolute atomic E-state index is 6.23. The van der Waals surface area contributed by atoms with Gasteiger partial charge in [-0.15, -0.1) is 11.3 Å². The second kappa shape index (κ2) is 5.65. The van der Waals surface area contributed by atoms with Crippen LogP contribution in [0.2, 0.25) is 5.28 Å². The van der Waals surface area contributed by atoms with Gasteiger partial charge in [-0.25, -0.2) is 9.97 Å². The van der Waals surface area contributed by atoms with Crippen molar-refractivity contribution >= 4 is 50.0 Å². The Morgan fingerprint density at radius 2 is 1.96 bits per heavy atom. The zero-order valence-electron chi connectivity index (χ0n) is 13.7. The van der Waals surface area contributed by atoms with Gasteiger partial charge in [0.2, 0.25) is 5.28 Å². The molecule has 0 bridgehead atoms. The van der Waals surface area contributed by atoms with Crippen molar-refractivity contribution in [3.63, 3.8) is 0 Å². The van der Waals surface area contributed by atoms with Gasteiger partial charge < -0.3 is 0 Å². The molecule has 2 nitrogen and oxygen atoms in total. The average molecular weight is 363 g/mol. The average Bonchev–Trinajstić information content (AvgIpc) is 2.98. The monoisotopic (exact) mass is 362 g/mol. The maximum atomic E-state index is 6.23. The molecular weight excluding hydrogens is 348 g/mol. The molecule has 1 aliphatic rings. The van der Waals surface area contributed by atoms with Crippen LogP contribution in [-0.4, -0.2) is 9.97 Å². The molecule has 0 N–H and O–H groups in total. The quantitative estimate of drug-likeness (QED) is 0.367. The van der Waals surface area contributed by atoms with Crippen molar-refractivity contribution in [2.75, 3.05) is 0 Å². The molecular formula is C21H15ClN2S. The Hall–Kier alpha value is -2.23. The van der Waals surface area contributed by atoms with E-state index >= 15 is 0 Å². The molecule has 1 aliphatic carbocycles. The topological polar surface area (TPSA) is 25.8 Å². The first-order valence-corrected chi connectivity index (χ1v) is 9.55. The zero-order chi connectivity index (χ0) is 17.0. The van der Waals surface area contributed by atoms with Gasteiger partial charge in [-0.1, -0.05) is 49.4 Å². The summed E-state index contributed by atoms with van der Waals surface area (Å²) in [4.78, 5) is 10.4. The minimum absolute atomic E-state index is 0.291. The molecule has 0 fully saturated rings. The van der Waals surface area contributed by atoms with E-state index in [0.717, 1.165) is 28.6 Å². The molecule has 1 unspecified atom stereocenters. The van der Waals surface area contributed by atoms with Crippen LogP contribution in [0.15, 0.2) is 48.5 Å². The van der Waals surface area contributed by atoms with Gasteiger partial charge in [-0.2, -0.15) is 0 Å². The maximum Gasteiger partial charge on any atom is 0.223 e. The van der Waals surface area contributed by atoms with Gasteiger partial charge in [-0.3, -0.25) is 0 Å². The summed E-state index contributed by atoms with van der Waals surface area (Å²) in [6.07, 6.45) is 5.68. The predicted molar refractivity (Wildman–Crippen MR) is 107 cm³/mol. The van der Waals surface area contributed by atoms with E-state index in [1.807, 2.05) is 29.5 Å². The molecule has 0 spiro atoms. The molecule has 0 saturated heterocycles. The van der Waals surface area contributed by atoms with Crippen LogP contribution in [0.3, 0.4) is 0 Å². The smallest absolute Gasteiger partial charge is 0.218 e. The van der Waals surface area contributed by atoms with Gasteiger partial charge in [0.1, 0.15) is 0 Å². The Morgan fingerprint density at radius 3 is 2.88 bits per heavy atom. The van der Waals surface area contributed by atoms with Crippen molar-refractivity contribution in [3.05, 3.63) is 64.3 Å². The first kappa shape index (κ1) is 15.1. The minimum Gasteiger partial charge on any atom is -0.218 e. The Bertz CT molecular complexity index is 1160. The normalized spacial score (nSPS) is 16.5. The largest absolute Gasteiger partial charge is 0.223 e. The van der Waals surface area contributed by atoms with Gasteiger partial charge in [0.25, 0.3) is 0 Å². The lowest BCUT2D eigenvalue weighted by molar-refractivity contribution is 0.728. The fourth-order valence-electron chi connectivity index (χ4n) is 3.62. The Balaban J connectivity index is 1.88. The Morgan fingerprint density at radius 1 is 1.08 bits per heavy atom. The van der Waals surface area contributed by atoms with E-state index in [2.05, 4.69) is 53.3 Å². The highest BCUT2D eigenvalue weighted by atomic mass is 35.5. The fourth-order valence-corrected chi connectivity index (χ4v) is 5.16. The van der Waals surface area contributed by atoms with Crippen LogP contribution in [0.1, 0.15) is 17.4 Å². The van der Waals surface area contributed by atoms with Crippen molar-refractivity contribution in [1.29, 1.82) is 0 Å². The van der Waals surface area contributed by atoms with E-state index < -0.39 is 0 Å². The third-order valence-corrected chi connectivity index (χ3v) is 6.12. The van der Waals surface area contributed by atoms with Crippen LogP contribution in [0.5, 0.6) is 0 Å². The van der Waals surface area contributed by atoms with E-state index in [-0.39, 0.29) is 0 Å². The molecule has 2 heterocycles. The van der Waals surface area contributed by atoms with Gasteiger partial charge in [-0.05, 0) is 41.6 Å². The summed E-state index contributed by atoms with van der Waals surface area (Å²) in [5, 5.41) is 2.61. The van der Waals surface area contributed by atoms with E-state index in [9.17, 15) is 0 Å². The summed E-state index contributed by atoms with van der Waals surface area (Å²) in [6, 6.07) is 14.5. The standard InChI is InChI=1S/C21H15ClN2S/c1-12-9-10-14-18(11-12)25-17-8-4-6-15(19(14)17)20-13-5-2-3-7-16(13)23-21(22)24-20/h2-10,12H,11H2,1H3.